The third-order valence-corrected chi connectivity index (χ3v) is 19.5. The summed E-state index contributed by atoms with van der Waals surface area (Å²) in [7, 11) is 2.90. The number of fused-ring (bicyclic) bond motifs is 4. The van der Waals surface area contributed by atoms with E-state index in [-0.39, 0.29) is 47.6 Å². The second-order valence-corrected chi connectivity index (χ2v) is 27.5. The zero-order valence-electron chi connectivity index (χ0n) is 48.7. The topological polar surface area (TPSA) is 228 Å². The summed E-state index contributed by atoms with van der Waals surface area (Å²) >= 11 is 9.00. The molecule has 4 aliphatic heterocycles. The van der Waals surface area contributed by atoms with Gasteiger partial charge < -0.3 is 55.3 Å². The Morgan fingerprint density at radius 1 is 0.707 bits per heavy atom. The SMILES string of the molecule is CC(C(=O)N[C@H]1CCS[C@H]2CC(C)(C)[C@@H](C(=O)N[C@H]3c4ccccc4C[C@H]3OCC#CC#CCO[C@@H]3Cc4ccccc4[C@@H]3NC(=O)[C@H]3N4C(=O)[C@@H](NC(=S)C(C)N(C)C(=O)OC(C)(C)C)CCS[C@H]4CC3(C)C)N2C1=O)N(C)C(=O)O. The second-order valence-electron chi connectivity index (χ2n) is 24.4. The van der Waals surface area contributed by atoms with Crippen LogP contribution in [-0.4, -0.2) is 175 Å². The van der Waals surface area contributed by atoms with Gasteiger partial charge in [0.15, 0.2) is 0 Å². The van der Waals surface area contributed by atoms with E-state index in [2.05, 4.69) is 44.9 Å². The number of thioether (sulfide) groups is 2. The minimum Gasteiger partial charge on any atom is -0.465 e. The molecule has 8 rings (SSSR count). The Kier molecular flexibility index (Phi) is 19.2. The smallest absolute Gasteiger partial charge is 0.410 e. The maximum Gasteiger partial charge on any atom is 0.410 e. The summed E-state index contributed by atoms with van der Waals surface area (Å²) in [6, 6.07) is 9.77. The standard InChI is InChI=1S/C60H78N8O11S3/c1-34(65(10)56(74)75)50(69)61-40-24-28-81-44-32-59(6,7)48(67(44)54(40)72)51(70)63-46-38-22-16-14-20-36(38)30-42(46)77-26-18-12-13-19-27-78-43-31-37-21-15-17-23-39(37)47(43)64-52(71)49-60(8,9)33-45-68(49)55(73)41(25-29-82-45)62-53(80)35(2)66(11)57(76)79-58(3,4)5/h14-17,20-23,34-35,40-49H,24-33H2,1-11H3,(H,61,69)(H,62,80)(H,63,70)(H,64,71)(H,74,75)/t34?,35?,40-,41-,42+,43+,44-,45-,46-,47-,48+,49+/m0/s1. The average molecular weight is 1180 g/mol. The predicted molar refractivity (Wildman–Crippen MR) is 317 cm³/mol. The molecular weight excluding hydrogens is 1100 g/mol. The highest BCUT2D eigenvalue weighted by atomic mass is 32.2. The van der Waals surface area contributed by atoms with Crippen LogP contribution in [0.4, 0.5) is 9.59 Å². The first-order valence-electron chi connectivity index (χ1n) is 28.0. The van der Waals surface area contributed by atoms with E-state index in [0.29, 0.717) is 55.0 Å². The van der Waals surface area contributed by atoms with E-state index in [1.165, 1.54) is 18.9 Å². The molecule has 19 nitrogen and oxygen atoms in total. The van der Waals surface area contributed by atoms with Gasteiger partial charge in [-0.2, -0.15) is 0 Å². The highest BCUT2D eigenvalue weighted by Gasteiger charge is 2.57. The molecule has 2 aromatic carbocycles. The predicted octanol–water partition coefficient (Wildman–Crippen LogP) is 5.80. The second kappa shape index (κ2) is 25.4. The van der Waals surface area contributed by atoms with Crippen LogP contribution in [0.15, 0.2) is 48.5 Å². The molecule has 2 unspecified atom stereocenters. The lowest BCUT2D eigenvalue weighted by atomic mass is 9.83. The Hall–Kier alpha value is -6.04. The molecular formula is C60H78N8O11S3. The van der Waals surface area contributed by atoms with Crippen LogP contribution in [0.1, 0.15) is 122 Å². The molecule has 4 heterocycles. The summed E-state index contributed by atoms with van der Waals surface area (Å²) in [6.07, 6.45) is 0.343. The van der Waals surface area contributed by atoms with Gasteiger partial charge in [-0.05, 0) is 117 Å². The first-order valence-corrected chi connectivity index (χ1v) is 30.5. The number of carbonyl (C=O) groups is 7. The summed E-state index contributed by atoms with van der Waals surface area (Å²) in [5.74, 6) is 11.2. The number of rotatable bonds is 14. The molecule has 7 amide bonds. The van der Waals surface area contributed by atoms with Crippen molar-refractivity contribution in [2.45, 2.75) is 178 Å². The Bertz CT molecular complexity index is 2950. The lowest BCUT2D eigenvalue weighted by Gasteiger charge is -2.36. The summed E-state index contributed by atoms with van der Waals surface area (Å²) < 4.78 is 18.3. The lowest BCUT2D eigenvalue weighted by molar-refractivity contribution is -0.144. The maximum absolute atomic E-state index is 14.8. The van der Waals surface area contributed by atoms with Crippen LogP contribution >= 0.6 is 35.7 Å². The molecule has 12 atom stereocenters. The molecule has 2 aliphatic carbocycles. The number of hydrogen-bond acceptors (Lipinski definition) is 13. The van der Waals surface area contributed by atoms with Crippen molar-refractivity contribution in [2.75, 3.05) is 38.8 Å². The molecule has 0 radical (unpaired) electrons. The molecule has 5 N–H and O–H groups in total. The maximum atomic E-state index is 14.8. The number of carboxylic acid groups (broad SMARTS) is 1. The molecule has 2 aromatic rings. The third-order valence-electron chi connectivity index (χ3n) is 16.6. The fourth-order valence-electron chi connectivity index (χ4n) is 12.0. The van der Waals surface area contributed by atoms with Crippen LogP contribution < -0.4 is 21.3 Å². The van der Waals surface area contributed by atoms with E-state index in [0.717, 1.165) is 27.2 Å². The number of benzene rings is 2. The van der Waals surface area contributed by atoms with E-state index in [1.54, 1.807) is 68.1 Å². The molecule has 442 valence electrons. The molecule has 0 spiro atoms. The van der Waals surface area contributed by atoms with Crippen molar-refractivity contribution in [3.8, 4) is 23.7 Å². The van der Waals surface area contributed by atoms with E-state index in [4.69, 9.17) is 26.4 Å². The van der Waals surface area contributed by atoms with Gasteiger partial charge in [0.25, 0.3) is 0 Å². The summed E-state index contributed by atoms with van der Waals surface area (Å²) in [5.41, 5.74) is 2.03. The Labute approximate surface area is 495 Å². The largest absolute Gasteiger partial charge is 0.465 e. The normalized spacial score (nSPS) is 27.4. The van der Waals surface area contributed by atoms with E-state index >= 15 is 0 Å². The van der Waals surface area contributed by atoms with Gasteiger partial charge >= 0.3 is 12.2 Å². The van der Waals surface area contributed by atoms with Crippen molar-refractivity contribution in [3.63, 3.8) is 0 Å². The van der Waals surface area contributed by atoms with Crippen molar-refractivity contribution in [2.24, 2.45) is 10.8 Å². The quantitative estimate of drug-likeness (QED) is 0.111. The number of thiocarbonyl (C=S) groups is 1. The number of nitrogens with one attached hydrogen (secondary N) is 4. The summed E-state index contributed by atoms with van der Waals surface area (Å²) in [5, 5.41) is 21.5. The fourth-order valence-corrected chi connectivity index (χ4v) is 15.4. The van der Waals surface area contributed by atoms with Crippen molar-refractivity contribution >= 4 is 82.5 Å². The van der Waals surface area contributed by atoms with E-state index < -0.39 is 95.1 Å². The first kappa shape index (κ1) is 62.0. The molecule has 22 heteroatoms. The number of likely N-dealkylation sites (N-methyl/N-ethyl adjacent to an activating group) is 2. The zero-order valence-corrected chi connectivity index (χ0v) is 51.1. The molecule has 4 saturated heterocycles. The number of hydrogen-bond donors (Lipinski definition) is 5. The Morgan fingerprint density at radius 2 is 1.15 bits per heavy atom. The highest BCUT2D eigenvalue weighted by molar-refractivity contribution is 8.00. The van der Waals surface area contributed by atoms with Gasteiger partial charge in [-0.15, -0.1) is 23.5 Å². The Morgan fingerprint density at radius 3 is 1.59 bits per heavy atom. The van der Waals surface area contributed by atoms with Gasteiger partial charge in [-0.25, -0.2) is 9.59 Å². The first-order chi connectivity index (χ1) is 38.7. The molecule has 82 heavy (non-hydrogen) atoms. The number of ether oxygens (including phenoxy) is 3. The molecule has 0 aromatic heterocycles. The van der Waals surface area contributed by atoms with Gasteiger partial charge in [0.05, 0.1) is 46.1 Å². The summed E-state index contributed by atoms with van der Waals surface area (Å²) in [4.78, 5) is 102. The minimum atomic E-state index is -1.27. The van der Waals surface area contributed by atoms with Crippen LogP contribution in [0.5, 0.6) is 0 Å². The molecule has 6 aliphatic rings. The van der Waals surface area contributed by atoms with Crippen molar-refractivity contribution < 1.29 is 52.9 Å². The molecule has 4 fully saturated rings. The van der Waals surface area contributed by atoms with Crippen LogP contribution in [0.25, 0.3) is 0 Å². The van der Waals surface area contributed by atoms with E-state index in [1.807, 2.05) is 76.2 Å². The van der Waals surface area contributed by atoms with Crippen LogP contribution in [0.2, 0.25) is 0 Å². The summed E-state index contributed by atoms with van der Waals surface area (Å²) in [6.45, 7) is 16.6. The van der Waals surface area contributed by atoms with Crippen molar-refractivity contribution in [1.82, 2.24) is 40.9 Å². The van der Waals surface area contributed by atoms with Gasteiger partial charge in [-0.1, -0.05) is 100 Å². The minimum absolute atomic E-state index is 0.0200. The average Bonchev–Trinajstić information content (AvgIpc) is 3.38. The van der Waals surface area contributed by atoms with Gasteiger partial charge in [-0.3, -0.25) is 28.9 Å². The number of nitrogens with zero attached hydrogens (tertiary/aromatic N) is 4. The van der Waals surface area contributed by atoms with Crippen LogP contribution in [0, 0.1) is 34.5 Å². The van der Waals surface area contributed by atoms with E-state index in [9.17, 15) is 38.7 Å². The third kappa shape index (κ3) is 13.6. The van der Waals surface area contributed by atoms with Crippen molar-refractivity contribution in [3.05, 3.63) is 70.8 Å². The number of amides is 7. The monoisotopic (exact) mass is 1180 g/mol. The van der Waals surface area contributed by atoms with Crippen molar-refractivity contribution in [1.29, 1.82) is 0 Å². The van der Waals surface area contributed by atoms with Gasteiger partial charge in [0, 0.05) is 26.9 Å². The Balaban J connectivity index is 0.883. The zero-order chi connectivity index (χ0) is 59.6. The molecule has 0 saturated carbocycles. The number of carbonyl (C=O) groups excluding carboxylic acids is 6. The molecule has 0 bridgehead atoms. The van der Waals surface area contributed by atoms with Gasteiger partial charge in [0.1, 0.15) is 49.0 Å². The highest BCUT2D eigenvalue weighted by Crippen LogP contribution is 2.49. The van der Waals surface area contributed by atoms with Crippen LogP contribution in [0.3, 0.4) is 0 Å². The fraction of sp³-hybridized carbons (Fsp3) is 0.600. The lowest BCUT2D eigenvalue weighted by Crippen LogP contribution is -2.58. The van der Waals surface area contributed by atoms with Gasteiger partial charge in [0.2, 0.25) is 29.5 Å². The van der Waals surface area contributed by atoms with Crippen LogP contribution in [-0.2, 0) is 51.0 Å².